The van der Waals surface area contributed by atoms with Gasteiger partial charge in [0, 0.05) is 35.2 Å². The second kappa shape index (κ2) is 8.38. The summed E-state index contributed by atoms with van der Waals surface area (Å²) in [5, 5.41) is 21.0. The van der Waals surface area contributed by atoms with Crippen LogP contribution in [0.5, 0.6) is 0 Å². The van der Waals surface area contributed by atoms with E-state index in [0.717, 1.165) is 22.2 Å². The van der Waals surface area contributed by atoms with Crippen molar-refractivity contribution in [3.05, 3.63) is 77.7 Å². The number of urea groups is 1. The Labute approximate surface area is 172 Å². The molecule has 29 heavy (non-hydrogen) atoms. The minimum atomic E-state index is -0.423. The van der Waals surface area contributed by atoms with Crippen molar-refractivity contribution in [2.45, 2.75) is 12.5 Å². The van der Waals surface area contributed by atoms with Crippen molar-refractivity contribution in [2.24, 2.45) is 0 Å². The molecule has 0 saturated heterocycles. The number of carbonyl (C=O) groups is 1. The number of nitrogens with zero attached hydrogens (tertiary/aromatic N) is 2. The molecule has 7 nitrogen and oxygen atoms in total. The van der Waals surface area contributed by atoms with Crippen LogP contribution in [0.2, 0.25) is 5.02 Å². The number of aliphatic hydroxyl groups excluding tert-OH is 1. The van der Waals surface area contributed by atoms with E-state index in [1.165, 1.54) is 0 Å². The molecule has 4 N–H and O–H groups in total. The van der Waals surface area contributed by atoms with E-state index in [4.69, 9.17) is 11.6 Å². The number of aromatic nitrogens is 3. The van der Waals surface area contributed by atoms with Gasteiger partial charge >= 0.3 is 6.03 Å². The van der Waals surface area contributed by atoms with Crippen LogP contribution in [-0.2, 0) is 6.42 Å². The average molecular weight is 410 g/mol. The first-order chi connectivity index (χ1) is 14.1. The number of aromatic amines is 1. The molecule has 2 amide bonds. The lowest BCUT2D eigenvalue weighted by molar-refractivity contribution is 0.224. The summed E-state index contributed by atoms with van der Waals surface area (Å²) < 4.78 is 1.65. The number of amides is 2. The lowest BCUT2D eigenvalue weighted by atomic mass is 10.1. The van der Waals surface area contributed by atoms with Gasteiger partial charge < -0.3 is 20.7 Å². The summed E-state index contributed by atoms with van der Waals surface area (Å²) in [7, 11) is 0. The number of fused-ring (bicyclic) bond motifs is 1. The Kier molecular flexibility index (Phi) is 5.50. The van der Waals surface area contributed by atoms with Crippen LogP contribution in [0.3, 0.4) is 0 Å². The van der Waals surface area contributed by atoms with Crippen molar-refractivity contribution in [1.82, 2.24) is 20.1 Å². The topological polar surface area (TPSA) is 95.0 Å². The Hall–Kier alpha value is -3.29. The van der Waals surface area contributed by atoms with Gasteiger partial charge in [0.2, 0.25) is 0 Å². The molecule has 2 heterocycles. The Morgan fingerprint density at radius 2 is 2.10 bits per heavy atom. The molecule has 1 unspecified atom stereocenters. The number of hydrogen-bond acceptors (Lipinski definition) is 3. The molecule has 8 heteroatoms. The lowest BCUT2D eigenvalue weighted by Crippen LogP contribution is -2.41. The van der Waals surface area contributed by atoms with Crippen LogP contribution < -0.4 is 10.6 Å². The second-order valence-corrected chi connectivity index (χ2v) is 7.07. The normalized spacial score (nSPS) is 12.1. The SMILES string of the molecule is O=C(Nc1ccc(-n2cccn2)c(Cl)c1)NC(CO)Cc1c[nH]c2ccccc12. The van der Waals surface area contributed by atoms with Gasteiger partial charge in [0.05, 0.1) is 23.4 Å². The summed E-state index contributed by atoms with van der Waals surface area (Å²) in [6.07, 6.45) is 5.86. The molecule has 2 aromatic carbocycles. The van der Waals surface area contributed by atoms with Gasteiger partial charge in [-0.15, -0.1) is 0 Å². The van der Waals surface area contributed by atoms with E-state index in [1.54, 1.807) is 41.3 Å². The van der Waals surface area contributed by atoms with Crippen molar-refractivity contribution < 1.29 is 9.90 Å². The maximum atomic E-state index is 12.4. The third-order valence-corrected chi connectivity index (χ3v) is 4.96. The molecule has 0 fully saturated rings. The van der Waals surface area contributed by atoms with Crippen molar-refractivity contribution >= 4 is 34.2 Å². The number of carbonyl (C=O) groups excluding carboxylic acids is 1. The molecule has 0 aliphatic carbocycles. The number of benzene rings is 2. The van der Waals surface area contributed by atoms with Gasteiger partial charge in [-0.2, -0.15) is 5.10 Å². The highest BCUT2D eigenvalue weighted by Crippen LogP contribution is 2.24. The number of nitrogens with one attached hydrogen (secondary N) is 3. The standard InChI is InChI=1S/C21H20ClN5O2/c22-18-11-15(6-7-20(18)27-9-3-8-24-27)25-21(29)26-16(13-28)10-14-12-23-19-5-2-1-4-17(14)19/h1-9,11-12,16,23,28H,10,13H2,(H2,25,26,29). The summed E-state index contributed by atoms with van der Waals surface area (Å²) in [5.41, 5.74) is 3.32. The van der Waals surface area contributed by atoms with Crippen LogP contribution in [0.4, 0.5) is 10.5 Å². The molecule has 1 atom stereocenters. The first-order valence-corrected chi connectivity index (χ1v) is 9.55. The minimum Gasteiger partial charge on any atom is -0.394 e. The summed E-state index contributed by atoms with van der Waals surface area (Å²) in [4.78, 5) is 15.6. The van der Waals surface area contributed by atoms with Crippen molar-refractivity contribution in [3.63, 3.8) is 0 Å². The van der Waals surface area contributed by atoms with Gasteiger partial charge in [-0.05, 0) is 42.3 Å². The molecule has 4 rings (SSSR count). The molecular formula is C21H20ClN5O2. The number of H-pyrrole nitrogens is 1. The maximum Gasteiger partial charge on any atom is 0.319 e. The average Bonchev–Trinajstić information content (AvgIpc) is 3.38. The van der Waals surface area contributed by atoms with Crippen LogP contribution in [0.25, 0.3) is 16.6 Å². The summed E-state index contributed by atoms with van der Waals surface area (Å²) in [5.74, 6) is 0. The van der Waals surface area contributed by atoms with Crippen LogP contribution in [0.1, 0.15) is 5.56 Å². The molecule has 0 saturated carbocycles. The Bertz CT molecular complexity index is 1120. The van der Waals surface area contributed by atoms with Gasteiger partial charge in [0.25, 0.3) is 0 Å². The Morgan fingerprint density at radius 1 is 1.24 bits per heavy atom. The van der Waals surface area contributed by atoms with E-state index in [9.17, 15) is 9.90 Å². The fraction of sp³-hybridized carbons (Fsp3) is 0.143. The molecular weight excluding hydrogens is 390 g/mol. The summed E-state index contributed by atoms with van der Waals surface area (Å²) in [6.45, 7) is -0.175. The van der Waals surface area contributed by atoms with Crippen molar-refractivity contribution in [3.8, 4) is 5.69 Å². The predicted molar refractivity (Wildman–Crippen MR) is 114 cm³/mol. The lowest BCUT2D eigenvalue weighted by Gasteiger charge is -2.17. The Balaban J connectivity index is 1.41. The van der Waals surface area contributed by atoms with E-state index in [0.29, 0.717) is 17.1 Å². The zero-order chi connectivity index (χ0) is 20.2. The molecule has 148 valence electrons. The number of hydrogen-bond donors (Lipinski definition) is 4. The van der Waals surface area contributed by atoms with Crippen molar-refractivity contribution in [1.29, 1.82) is 0 Å². The van der Waals surface area contributed by atoms with Gasteiger partial charge in [0.1, 0.15) is 0 Å². The zero-order valence-electron chi connectivity index (χ0n) is 15.5. The minimum absolute atomic E-state index is 0.175. The van der Waals surface area contributed by atoms with Crippen LogP contribution >= 0.6 is 11.6 Å². The smallest absolute Gasteiger partial charge is 0.319 e. The van der Waals surface area contributed by atoms with Gasteiger partial charge in [-0.1, -0.05) is 29.8 Å². The number of aliphatic hydroxyl groups is 1. The quantitative estimate of drug-likeness (QED) is 0.390. The molecule has 0 radical (unpaired) electrons. The van der Waals surface area contributed by atoms with Crippen LogP contribution in [0.15, 0.2) is 67.1 Å². The highest BCUT2D eigenvalue weighted by atomic mass is 35.5. The fourth-order valence-electron chi connectivity index (χ4n) is 3.26. The largest absolute Gasteiger partial charge is 0.394 e. The first-order valence-electron chi connectivity index (χ1n) is 9.17. The molecule has 0 spiro atoms. The number of rotatable bonds is 6. The van der Waals surface area contributed by atoms with Gasteiger partial charge in [0.15, 0.2) is 0 Å². The van der Waals surface area contributed by atoms with E-state index >= 15 is 0 Å². The zero-order valence-corrected chi connectivity index (χ0v) is 16.2. The molecule has 0 bridgehead atoms. The third-order valence-electron chi connectivity index (χ3n) is 4.65. The maximum absolute atomic E-state index is 12.4. The van der Waals surface area contributed by atoms with Gasteiger partial charge in [-0.25, -0.2) is 9.48 Å². The summed E-state index contributed by atoms with van der Waals surface area (Å²) >= 11 is 6.31. The van der Waals surface area contributed by atoms with Crippen molar-refractivity contribution in [2.75, 3.05) is 11.9 Å². The number of para-hydroxylation sites is 1. The Morgan fingerprint density at radius 3 is 2.86 bits per heavy atom. The van der Waals surface area contributed by atoms with Crippen LogP contribution in [0, 0.1) is 0 Å². The monoisotopic (exact) mass is 409 g/mol. The fourth-order valence-corrected chi connectivity index (χ4v) is 3.53. The molecule has 4 aromatic rings. The third kappa shape index (κ3) is 4.26. The van der Waals surface area contributed by atoms with Gasteiger partial charge in [-0.3, -0.25) is 0 Å². The first kappa shape index (κ1) is 19.0. The number of halogens is 1. The summed E-state index contributed by atoms with van der Waals surface area (Å²) in [6, 6.07) is 14.1. The van der Waals surface area contributed by atoms with E-state index < -0.39 is 12.1 Å². The molecule has 0 aliphatic heterocycles. The highest BCUT2D eigenvalue weighted by Gasteiger charge is 2.15. The van der Waals surface area contributed by atoms with E-state index in [1.807, 2.05) is 30.5 Å². The highest BCUT2D eigenvalue weighted by molar-refractivity contribution is 6.32. The van der Waals surface area contributed by atoms with Crippen LogP contribution in [-0.4, -0.2) is 38.6 Å². The molecule has 0 aliphatic rings. The van der Waals surface area contributed by atoms with E-state index in [-0.39, 0.29) is 6.61 Å². The number of anilines is 1. The second-order valence-electron chi connectivity index (χ2n) is 6.66. The predicted octanol–water partition coefficient (Wildman–Crippen LogP) is 3.73. The van der Waals surface area contributed by atoms with E-state index in [2.05, 4.69) is 20.7 Å². The molecule has 2 aromatic heterocycles.